The molecule has 1 N–H and O–H groups in total. The number of aliphatic hydroxyl groups excluding tert-OH is 1. The largest absolute Gasteiger partial charge is 0.496 e. The lowest BCUT2D eigenvalue weighted by Crippen LogP contribution is -2.46. The maximum absolute atomic E-state index is 15.0. The van der Waals surface area contributed by atoms with Gasteiger partial charge >= 0.3 is 0 Å². The van der Waals surface area contributed by atoms with Crippen LogP contribution in [-0.4, -0.2) is 48.3 Å². The SMILES string of the molecule is COc1ccccc1CN1CCN(c2c(F)cccc2[C@H](O)c2ncccc2C)CC1. The normalized spacial score (nSPS) is 15.7. The second-order valence-corrected chi connectivity index (χ2v) is 7.86. The summed E-state index contributed by atoms with van der Waals surface area (Å²) in [7, 11) is 1.69. The number of hydrogen-bond donors (Lipinski definition) is 1. The highest BCUT2D eigenvalue weighted by Crippen LogP contribution is 2.34. The summed E-state index contributed by atoms with van der Waals surface area (Å²) in [5, 5.41) is 11.0. The van der Waals surface area contributed by atoms with Crippen molar-refractivity contribution < 1.29 is 14.2 Å². The van der Waals surface area contributed by atoms with E-state index in [9.17, 15) is 9.50 Å². The van der Waals surface area contributed by atoms with E-state index in [-0.39, 0.29) is 5.82 Å². The van der Waals surface area contributed by atoms with E-state index in [1.165, 1.54) is 6.07 Å². The van der Waals surface area contributed by atoms with Gasteiger partial charge in [0.05, 0.1) is 18.5 Å². The highest BCUT2D eigenvalue weighted by atomic mass is 19.1. The number of benzene rings is 2. The van der Waals surface area contributed by atoms with E-state index in [0.717, 1.165) is 36.5 Å². The third-order valence-electron chi connectivity index (χ3n) is 5.90. The molecular weight excluding hydrogens is 393 g/mol. The van der Waals surface area contributed by atoms with Crippen LogP contribution in [0.15, 0.2) is 60.8 Å². The van der Waals surface area contributed by atoms with Crippen molar-refractivity contribution in [1.29, 1.82) is 0 Å². The van der Waals surface area contributed by atoms with E-state index >= 15 is 0 Å². The monoisotopic (exact) mass is 421 g/mol. The summed E-state index contributed by atoms with van der Waals surface area (Å²) in [5.74, 6) is 0.568. The number of para-hydroxylation sites is 2. The molecule has 5 nitrogen and oxygen atoms in total. The number of halogens is 1. The Kier molecular flexibility index (Phi) is 6.49. The maximum Gasteiger partial charge on any atom is 0.146 e. The van der Waals surface area contributed by atoms with Crippen molar-refractivity contribution in [2.45, 2.75) is 19.6 Å². The van der Waals surface area contributed by atoms with Gasteiger partial charge in [0.1, 0.15) is 17.7 Å². The van der Waals surface area contributed by atoms with Gasteiger partial charge in [0.15, 0.2) is 0 Å². The number of aliphatic hydroxyl groups is 1. The van der Waals surface area contributed by atoms with Crippen molar-refractivity contribution in [3.63, 3.8) is 0 Å². The van der Waals surface area contributed by atoms with E-state index < -0.39 is 6.10 Å². The standard InChI is InChI=1S/C25H28FN3O2/c1-18-7-6-12-27-23(18)25(30)20-9-5-10-21(26)24(20)29-15-13-28(14-16-29)17-19-8-3-4-11-22(19)31-2/h3-12,25,30H,13-17H2,1-2H3/t25-/m0/s1. The molecule has 0 aliphatic carbocycles. The summed E-state index contributed by atoms with van der Waals surface area (Å²) >= 11 is 0. The Morgan fingerprint density at radius 1 is 1.03 bits per heavy atom. The van der Waals surface area contributed by atoms with Crippen LogP contribution in [-0.2, 0) is 6.54 Å². The van der Waals surface area contributed by atoms with Crippen molar-refractivity contribution in [1.82, 2.24) is 9.88 Å². The number of aromatic nitrogens is 1. The fourth-order valence-electron chi connectivity index (χ4n) is 4.22. The minimum absolute atomic E-state index is 0.316. The topological polar surface area (TPSA) is 48.8 Å². The summed E-state index contributed by atoms with van der Waals surface area (Å²) in [6.45, 7) is 5.64. The Labute approximate surface area is 182 Å². The number of aryl methyl sites for hydroxylation is 1. The molecule has 6 heteroatoms. The molecule has 2 heterocycles. The first-order valence-corrected chi connectivity index (χ1v) is 10.6. The average molecular weight is 422 g/mol. The molecule has 3 aromatic rings. The van der Waals surface area contributed by atoms with Crippen LogP contribution in [0, 0.1) is 12.7 Å². The van der Waals surface area contributed by atoms with Crippen molar-refractivity contribution >= 4 is 5.69 Å². The predicted molar refractivity (Wildman–Crippen MR) is 120 cm³/mol. The number of ether oxygens (including phenoxy) is 1. The highest BCUT2D eigenvalue weighted by molar-refractivity contribution is 5.58. The molecule has 1 aliphatic rings. The molecule has 0 unspecified atom stereocenters. The van der Waals surface area contributed by atoms with Gasteiger partial charge in [0.2, 0.25) is 0 Å². The van der Waals surface area contributed by atoms with Gasteiger partial charge in [-0.25, -0.2) is 4.39 Å². The number of methoxy groups -OCH3 is 1. The van der Waals surface area contributed by atoms with Crippen LogP contribution < -0.4 is 9.64 Å². The summed E-state index contributed by atoms with van der Waals surface area (Å²) in [6, 6.07) is 16.7. The quantitative estimate of drug-likeness (QED) is 0.653. The molecule has 1 aliphatic heterocycles. The Hall–Kier alpha value is -2.96. The number of anilines is 1. The fourth-order valence-corrected chi connectivity index (χ4v) is 4.22. The second kappa shape index (κ2) is 9.45. The van der Waals surface area contributed by atoms with E-state index in [0.29, 0.717) is 30.0 Å². The molecule has 0 saturated carbocycles. The molecule has 1 atom stereocenters. The molecule has 0 bridgehead atoms. The summed E-state index contributed by atoms with van der Waals surface area (Å²) < 4.78 is 20.4. The van der Waals surface area contributed by atoms with Gasteiger partial charge in [-0.2, -0.15) is 0 Å². The van der Waals surface area contributed by atoms with Crippen LogP contribution in [0.2, 0.25) is 0 Å². The third-order valence-corrected chi connectivity index (χ3v) is 5.90. The Bertz CT molecular complexity index is 1030. The van der Waals surface area contributed by atoms with E-state index in [1.54, 1.807) is 25.4 Å². The Balaban J connectivity index is 1.52. The smallest absolute Gasteiger partial charge is 0.146 e. The second-order valence-electron chi connectivity index (χ2n) is 7.86. The van der Waals surface area contributed by atoms with Crippen LogP contribution >= 0.6 is 0 Å². The number of nitrogens with zero attached hydrogens (tertiary/aromatic N) is 3. The zero-order chi connectivity index (χ0) is 21.8. The van der Waals surface area contributed by atoms with E-state index in [2.05, 4.69) is 16.0 Å². The molecule has 1 aromatic heterocycles. The van der Waals surface area contributed by atoms with Gasteiger partial charge in [-0.1, -0.05) is 36.4 Å². The van der Waals surface area contributed by atoms with Crippen LogP contribution in [0.3, 0.4) is 0 Å². The van der Waals surface area contributed by atoms with Crippen LogP contribution in [0.5, 0.6) is 5.75 Å². The van der Waals surface area contributed by atoms with Crippen molar-refractivity contribution in [3.05, 3.63) is 89.0 Å². The van der Waals surface area contributed by atoms with Crippen LogP contribution in [0.4, 0.5) is 10.1 Å². The number of rotatable bonds is 6. The number of pyridine rings is 1. The number of hydrogen-bond acceptors (Lipinski definition) is 5. The van der Waals surface area contributed by atoms with E-state index in [4.69, 9.17) is 4.74 Å². The minimum Gasteiger partial charge on any atom is -0.496 e. The van der Waals surface area contributed by atoms with Gasteiger partial charge < -0.3 is 14.7 Å². The van der Waals surface area contributed by atoms with Gasteiger partial charge in [-0.05, 0) is 30.7 Å². The molecule has 0 radical (unpaired) electrons. The Morgan fingerprint density at radius 2 is 1.81 bits per heavy atom. The van der Waals surface area contributed by atoms with Gasteiger partial charge in [0, 0.05) is 50.0 Å². The molecule has 0 spiro atoms. The van der Waals surface area contributed by atoms with Crippen molar-refractivity contribution in [3.8, 4) is 5.75 Å². The van der Waals surface area contributed by atoms with Crippen molar-refractivity contribution in [2.24, 2.45) is 0 Å². The molecule has 31 heavy (non-hydrogen) atoms. The van der Waals surface area contributed by atoms with Crippen LogP contribution in [0.1, 0.15) is 28.5 Å². The lowest BCUT2D eigenvalue weighted by molar-refractivity contribution is 0.212. The summed E-state index contributed by atoms with van der Waals surface area (Å²) in [5.41, 5.74) is 3.61. The first-order valence-electron chi connectivity index (χ1n) is 10.6. The Morgan fingerprint density at radius 3 is 2.55 bits per heavy atom. The maximum atomic E-state index is 15.0. The molecule has 4 rings (SSSR count). The van der Waals surface area contributed by atoms with Gasteiger partial charge in [0.25, 0.3) is 0 Å². The minimum atomic E-state index is -0.974. The molecule has 1 fully saturated rings. The highest BCUT2D eigenvalue weighted by Gasteiger charge is 2.26. The zero-order valence-electron chi connectivity index (χ0n) is 18.0. The molecular formula is C25H28FN3O2. The average Bonchev–Trinajstić information content (AvgIpc) is 2.80. The first kappa shape index (κ1) is 21.3. The molecule has 162 valence electrons. The first-order chi connectivity index (χ1) is 15.1. The third kappa shape index (κ3) is 4.55. The van der Waals surface area contributed by atoms with Gasteiger partial charge in [-0.3, -0.25) is 9.88 Å². The summed E-state index contributed by atoms with van der Waals surface area (Å²) in [4.78, 5) is 8.71. The van der Waals surface area contributed by atoms with Gasteiger partial charge in [-0.15, -0.1) is 0 Å². The lowest BCUT2D eigenvalue weighted by atomic mass is 9.99. The zero-order valence-corrected chi connectivity index (χ0v) is 18.0. The molecule has 2 aromatic carbocycles. The van der Waals surface area contributed by atoms with Crippen molar-refractivity contribution in [2.75, 3.05) is 38.2 Å². The van der Waals surface area contributed by atoms with Crippen LogP contribution in [0.25, 0.3) is 0 Å². The lowest BCUT2D eigenvalue weighted by Gasteiger charge is -2.37. The molecule has 1 saturated heterocycles. The van der Waals surface area contributed by atoms with E-state index in [1.807, 2.05) is 42.2 Å². The predicted octanol–water partition coefficient (Wildman–Crippen LogP) is 3.94. The molecule has 0 amide bonds. The fraction of sp³-hybridized carbons (Fsp3) is 0.320. The number of piperazine rings is 1. The summed E-state index contributed by atoms with van der Waals surface area (Å²) in [6.07, 6.45) is 0.680.